The number of hydrogen-bond acceptors (Lipinski definition) is 7. The van der Waals surface area contributed by atoms with Crippen molar-refractivity contribution in [2.24, 2.45) is 0 Å². The van der Waals surface area contributed by atoms with Crippen LogP contribution in [0, 0.1) is 0 Å². The molecule has 7 nitrogen and oxygen atoms in total. The third kappa shape index (κ3) is 7.48. The highest BCUT2D eigenvalue weighted by molar-refractivity contribution is 5.99. The zero-order chi connectivity index (χ0) is 28.6. The van der Waals surface area contributed by atoms with Crippen LogP contribution in [0.1, 0.15) is 69.1 Å². The highest BCUT2D eigenvalue weighted by atomic mass is 16.7. The second-order valence-corrected chi connectivity index (χ2v) is 10.6. The van der Waals surface area contributed by atoms with Gasteiger partial charge in [0.15, 0.2) is 11.5 Å². The van der Waals surface area contributed by atoms with Crippen molar-refractivity contribution in [3.63, 3.8) is 0 Å². The van der Waals surface area contributed by atoms with Crippen molar-refractivity contribution in [2.75, 3.05) is 19.9 Å². The van der Waals surface area contributed by atoms with Gasteiger partial charge in [-0.25, -0.2) is 0 Å². The number of esters is 1. The Kier molecular flexibility index (Phi) is 9.59. The molecule has 3 aromatic carbocycles. The number of carbonyl (C=O) groups excluding carboxylic acids is 1. The van der Waals surface area contributed by atoms with E-state index in [0.717, 1.165) is 45.8 Å². The summed E-state index contributed by atoms with van der Waals surface area (Å²) in [7, 11) is 0. The average molecular weight is 558 g/mol. The van der Waals surface area contributed by atoms with Crippen LogP contribution in [0.4, 0.5) is 0 Å². The first-order chi connectivity index (χ1) is 20.0. The lowest BCUT2D eigenvalue weighted by atomic mass is 9.88. The van der Waals surface area contributed by atoms with Gasteiger partial charge < -0.3 is 29.4 Å². The van der Waals surface area contributed by atoms with Crippen LogP contribution in [0.3, 0.4) is 0 Å². The molecule has 3 aromatic rings. The van der Waals surface area contributed by atoms with Crippen LogP contribution in [0.2, 0.25) is 0 Å². The molecule has 0 aromatic heterocycles. The molecule has 1 aliphatic carbocycles. The minimum absolute atomic E-state index is 0.223. The second kappa shape index (κ2) is 13.7. The molecule has 1 fully saturated rings. The van der Waals surface area contributed by atoms with E-state index in [2.05, 4.69) is 18.3 Å². The van der Waals surface area contributed by atoms with Crippen LogP contribution >= 0.6 is 0 Å². The molecule has 41 heavy (non-hydrogen) atoms. The number of ether oxygens (including phenoxy) is 4. The zero-order valence-electron chi connectivity index (χ0n) is 23.9. The van der Waals surface area contributed by atoms with Crippen LogP contribution in [-0.2, 0) is 4.79 Å². The van der Waals surface area contributed by atoms with E-state index >= 15 is 0 Å². The van der Waals surface area contributed by atoms with Gasteiger partial charge in [0.25, 0.3) is 0 Å². The summed E-state index contributed by atoms with van der Waals surface area (Å²) in [6.45, 7) is 4.52. The molecule has 2 N–H and O–H groups in total. The molecule has 0 bridgehead atoms. The first-order valence-corrected chi connectivity index (χ1v) is 14.6. The molecular weight excluding hydrogens is 518 g/mol. The fourth-order valence-corrected chi connectivity index (χ4v) is 5.56. The van der Waals surface area contributed by atoms with Gasteiger partial charge in [-0.15, -0.1) is 0 Å². The van der Waals surface area contributed by atoms with Crippen molar-refractivity contribution < 1.29 is 28.8 Å². The molecule has 0 spiro atoms. The van der Waals surface area contributed by atoms with Crippen molar-refractivity contribution in [1.82, 2.24) is 5.32 Å². The largest absolute Gasteiger partial charge is 0.491 e. The molecule has 1 heterocycles. The van der Waals surface area contributed by atoms with Crippen LogP contribution in [0.15, 0.2) is 66.7 Å². The van der Waals surface area contributed by atoms with E-state index in [1.54, 1.807) is 0 Å². The van der Waals surface area contributed by atoms with Crippen molar-refractivity contribution >= 4 is 17.1 Å². The number of rotatable bonds is 11. The van der Waals surface area contributed by atoms with Gasteiger partial charge in [0.1, 0.15) is 24.2 Å². The Balaban J connectivity index is 1.37. The van der Waals surface area contributed by atoms with E-state index < -0.39 is 6.10 Å². The third-order valence-electron chi connectivity index (χ3n) is 7.61. The summed E-state index contributed by atoms with van der Waals surface area (Å²) in [4.78, 5) is 11.4. The molecule has 216 valence electrons. The van der Waals surface area contributed by atoms with Crippen molar-refractivity contribution in [2.45, 2.75) is 64.5 Å². The van der Waals surface area contributed by atoms with E-state index in [1.807, 2.05) is 60.7 Å². The van der Waals surface area contributed by atoms with Gasteiger partial charge in [-0.1, -0.05) is 56.5 Å². The number of allylic oxidation sites excluding steroid dienone is 1. The summed E-state index contributed by atoms with van der Waals surface area (Å²) in [5, 5.41) is 13.9. The summed E-state index contributed by atoms with van der Waals surface area (Å²) >= 11 is 0. The van der Waals surface area contributed by atoms with E-state index in [0.29, 0.717) is 24.1 Å². The lowest BCUT2D eigenvalue weighted by Gasteiger charge is -2.24. The zero-order valence-corrected chi connectivity index (χ0v) is 23.9. The molecule has 1 saturated carbocycles. The average Bonchev–Trinajstić information content (AvgIpc) is 3.47. The molecule has 0 amide bonds. The number of aliphatic hydroxyl groups is 1. The van der Waals surface area contributed by atoms with Gasteiger partial charge in [0.05, 0.1) is 0 Å². The van der Waals surface area contributed by atoms with Crippen molar-refractivity contribution in [3.05, 3.63) is 83.4 Å². The number of aliphatic hydroxyl groups excluding tert-OH is 1. The van der Waals surface area contributed by atoms with E-state index in [9.17, 15) is 9.90 Å². The summed E-state index contributed by atoms with van der Waals surface area (Å²) in [5.74, 6) is 2.33. The van der Waals surface area contributed by atoms with Crippen LogP contribution in [-0.4, -0.2) is 43.2 Å². The minimum atomic E-state index is -0.569. The summed E-state index contributed by atoms with van der Waals surface area (Å²) < 4.78 is 22.4. The van der Waals surface area contributed by atoms with Gasteiger partial charge in [0.2, 0.25) is 6.79 Å². The maximum absolute atomic E-state index is 11.4. The molecule has 1 unspecified atom stereocenters. The Bertz CT molecular complexity index is 1340. The molecule has 5 rings (SSSR count). The van der Waals surface area contributed by atoms with Crippen molar-refractivity contribution in [1.29, 1.82) is 0 Å². The second-order valence-electron chi connectivity index (χ2n) is 10.6. The van der Waals surface area contributed by atoms with Gasteiger partial charge in [-0.2, -0.15) is 0 Å². The van der Waals surface area contributed by atoms with Crippen molar-refractivity contribution in [3.8, 4) is 23.0 Å². The number of nitrogens with one attached hydrogen (secondary N) is 1. The smallest absolute Gasteiger partial charge is 0.308 e. The highest BCUT2D eigenvalue weighted by Crippen LogP contribution is 2.40. The van der Waals surface area contributed by atoms with E-state index in [4.69, 9.17) is 18.9 Å². The maximum Gasteiger partial charge on any atom is 0.308 e. The van der Waals surface area contributed by atoms with Crippen LogP contribution in [0.25, 0.3) is 11.1 Å². The SMILES string of the molecule is CC/C(=C(/c1ccc(OCC(O)CNC2CCCCC2)cc1)c1ccc(OC(C)=O)cc1)c1ccc2c(c1)OCO2. The fraction of sp³-hybridized carbons (Fsp3) is 0.382. The predicted molar refractivity (Wildman–Crippen MR) is 159 cm³/mol. The number of benzene rings is 3. The summed E-state index contributed by atoms with van der Waals surface area (Å²) in [6.07, 6.45) is 6.41. The Morgan fingerprint density at radius 3 is 2.20 bits per heavy atom. The number of hydrogen-bond donors (Lipinski definition) is 2. The topological polar surface area (TPSA) is 86.2 Å². The van der Waals surface area contributed by atoms with Crippen LogP contribution in [0.5, 0.6) is 23.0 Å². The molecule has 2 aliphatic rings. The fourth-order valence-electron chi connectivity index (χ4n) is 5.56. The Labute approximate surface area is 242 Å². The Morgan fingerprint density at radius 2 is 1.54 bits per heavy atom. The van der Waals surface area contributed by atoms with Crippen LogP contribution < -0.4 is 24.3 Å². The standard InChI is InChI=1S/C34H39NO6/c1-3-31(26-13-18-32-33(19-26)40-22-39-32)34(25-11-16-30(17-12-25)41-23(2)36)24-9-14-29(15-10-24)38-21-28(37)20-35-27-7-5-4-6-8-27/h9-19,27-28,35,37H,3-8,20-22H2,1-2H3/b34-31+. The van der Waals surface area contributed by atoms with Gasteiger partial charge in [-0.05, 0) is 83.5 Å². The number of carbonyl (C=O) groups is 1. The van der Waals surface area contributed by atoms with Gasteiger partial charge in [-0.3, -0.25) is 4.79 Å². The molecule has 0 radical (unpaired) electrons. The molecule has 0 saturated heterocycles. The van der Waals surface area contributed by atoms with E-state index in [1.165, 1.54) is 39.0 Å². The first-order valence-electron chi connectivity index (χ1n) is 14.6. The lowest BCUT2D eigenvalue weighted by Crippen LogP contribution is -2.38. The van der Waals surface area contributed by atoms with Gasteiger partial charge >= 0.3 is 5.97 Å². The Morgan fingerprint density at radius 1 is 0.902 bits per heavy atom. The molecular formula is C34H39NO6. The van der Waals surface area contributed by atoms with Gasteiger partial charge in [0, 0.05) is 19.5 Å². The first kappa shape index (κ1) is 28.7. The molecule has 1 atom stereocenters. The minimum Gasteiger partial charge on any atom is -0.491 e. The predicted octanol–water partition coefficient (Wildman–Crippen LogP) is 6.37. The summed E-state index contributed by atoms with van der Waals surface area (Å²) in [5.41, 5.74) is 5.26. The molecule has 1 aliphatic heterocycles. The lowest BCUT2D eigenvalue weighted by molar-refractivity contribution is -0.131. The summed E-state index contributed by atoms with van der Waals surface area (Å²) in [6, 6.07) is 22.0. The monoisotopic (exact) mass is 557 g/mol. The normalized spacial score (nSPS) is 16.2. The Hall–Kier alpha value is -3.81. The maximum atomic E-state index is 11.4. The molecule has 7 heteroatoms. The quantitative estimate of drug-likeness (QED) is 0.161. The highest BCUT2D eigenvalue weighted by Gasteiger charge is 2.19. The van der Waals surface area contributed by atoms with E-state index in [-0.39, 0.29) is 19.4 Å². The number of fused-ring (bicyclic) bond motifs is 1. The third-order valence-corrected chi connectivity index (χ3v) is 7.61.